The predicted octanol–water partition coefficient (Wildman–Crippen LogP) is 1.56. The fraction of sp³-hybridized carbons (Fsp3) is 0.583. The smallest absolute Gasteiger partial charge is 0.323 e. The second-order valence-corrected chi connectivity index (χ2v) is 4.80. The highest BCUT2D eigenvalue weighted by molar-refractivity contribution is 5.73. The summed E-state index contributed by atoms with van der Waals surface area (Å²) >= 11 is 0. The molecule has 0 radical (unpaired) electrons. The Kier molecular flexibility index (Phi) is 4.47. The van der Waals surface area contributed by atoms with Crippen LogP contribution in [0.25, 0.3) is 0 Å². The lowest BCUT2D eigenvalue weighted by Crippen LogP contribution is -2.45. The normalized spacial score (nSPS) is 11.1. The molecule has 0 amide bonds. The van der Waals surface area contributed by atoms with E-state index in [2.05, 4.69) is 9.97 Å². The number of carboxylic acids is 1. The molecular formula is C12H19N3O3. The first-order chi connectivity index (χ1) is 8.34. The van der Waals surface area contributed by atoms with Gasteiger partial charge in [0.1, 0.15) is 6.54 Å². The zero-order valence-corrected chi connectivity index (χ0v) is 11.2. The van der Waals surface area contributed by atoms with Gasteiger partial charge in [-0.1, -0.05) is 0 Å². The maximum Gasteiger partial charge on any atom is 0.323 e. The minimum Gasteiger partial charge on any atom is -0.480 e. The highest BCUT2D eigenvalue weighted by Crippen LogP contribution is 2.22. The summed E-state index contributed by atoms with van der Waals surface area (Å²) < 4.78 is 5.27. The van der Waals surface area contributed by atoms with Gasteiger partial charge in [-0.2, -0.15) is 4.98 Å². The number of aliphatic carboxylic acids is 1. The van der Waals surface area contributed by atoms with Crippen molar-refractivity contribution in [3.63, 3.8) is 0 Å². The van der Waals surface area contributed by atoms with Crippen molar-refractivity contribution in [1.82, 2.24) is 9.97 Å². The van der Waals surface area contributed by atoms with Gasteiger partial charge in [-0.3, -0.25) is 9.78 Å². The number of rotatable bonds is 5. The van der Waals surface area contributed by atoms with Crippen molar-refractivity contribution < 1.29 is 14.6 Å². The van der Waals surface area contributed by atoms with Crippen LogP contribution in [0.1, 0.15) is 27.7 Å². The van der Waals surface area contributed by atoms with E-state index in [9.17, 15) is 4.79 Å². The highest BCUT2D eigenvalue weighted by Gasteiger charge is 2.25. The van der Waals surface area contributed by atoms with Crippen LogP contribution in [0.5, 0.6) is 5.88 Å². The summed E-state index contributed by atoms with van der Waals surface area (Å²) in [5.41, 5.74) is -0.363. The fourth-order valence-corrected chi connectivity index (χ4v) is 1.48. The van der Waals surface area contributed by atoms with Gasteiger partial charge >= 0.3 is 5.97 Å². The summed E-state index contributed by atoms with van der Waals surface area (Å²) in [5, 5.41) is 8.96. The lowest BCUT2D eigenvalue weighted by Gasteiger charge is -2.35. The van der Waals surface area contributed by atoms with Crippen molar-refractivity contribution >= 4 is 11.8 Å². The molecule has 0 aromatic carbocycles. The van der Waals surface area contributed by atoms with Gasteiger partial charge in [-0.25, -0.2) is 0 Å². The zero-order chi connectivity index (χ0) is 13.8. The largest absolute Gasteiger partial charge is 0.480 e. The molecule has 6 nitrogen and oxygen atoms in total. The molecule has 0 saturated heterocycles. The van der Waals surface area contributed by atoms with E-state index in [1.54, 1.807) is 4.90 Å². The van der Waals surface area contributed by atoms with Crippen LogP contribution in [-0.2, 0) is 4.79 Å². The van der Waals surface area contributed by atoms with Crippen LogP contribution in [0.3, 0.4) is 0 Å². The first-order valence-electron chi connectivity index (χ1n) is 5.79. The Hall–Kier alpha value is -1.85. The van der Waals surface area contributed by atoms with E-state index in [-0.39, 0.29) is 12.1 Å². The highest BCUT2D eigenvalue weighted by atomic mass is 16.5. The van der Waals surface area contributed by atoms with Crippen LogP contribution in [0.2, 0.25) is 0 Å². The van der Waals surface area contributed by atoms with Gasteiger partial charge in [0.05, 0.1) is 19.0 Å². The van der Waals surface area contributed by atoms with Crippen molar-refractivity contribution in [2.24, 2.45) is 0 Å². The van der Waals surface area contributed by atoms with E-state index in [0.717, 1.165) is 0 Å². The molecule has 6 heteroatoms. The van der Waals surface area contributed by atoms with E-state index in [0.29, 0.717) is 18.3 Å². The molecule has 0 aliphatic carbocycles. The Balaban J connectivity index is 3.04. The average molecular weight is 253 g/mol. The van der Waals surface area contributed by atoms with Crippen LogP contribution in [0.15, 0.2) is 12.4 Å². The number of hydrogen-bond donors (Lipinski definition) is 1. The molecule has 0 bridgehead atoms. The molecule has 0 aliphatic heterocycles. The quantitative estimate of drug-likeness (QED) is 0.858. The van der Waals surface area contributed by atoms with E-state index in [1.165, 1.54) is 12.4 Å². The zero-order valence-electron chi connectivity index (χ0n) is 11.2. The molecule has 18 heavy (non-hydrogen) atoms. The molecular weight excluding hydrogens is 234 g/mol. The number of hydrogen-bond acceptors (Lipinski definition) is 5. The number of carboxylic acid groups (broad SMARTS) is 1. The topological polar surface area (TPSA) is 75.5 Å². The number of ether oxygens (including phenoxy) is 1. The molecule has 0 spiro atoms. The maximum atomic E-state index is 10.9. The van der Waals surface area contributed by atoms with Crippen molar-refractivity contribution in [1.29, 1.82) is 0 Å². The van der Waals surface area contributed by atoms with Crippen molar-refractivity contribution in [3.05, 3.63) is 12.4 Å². The molecule has 1 rings (SSSR count). The van der Waals surface area contributed by atoms with Gasteiger partial charge in [0.2, 0.25) is 5.88 Å². The molecule has 0 fully saturated rings. The number of aromatic nitrogens is 2. The summed E-state index contributed by atoms with van der Waals surface area (Å²) in [6.07, 6.45) is 3.05. The third kappa shape index (κ3) is 3.87. The minimum absolute atomic E-state index is 0.131. The average Bonchev–Trinajstić information content (AvgIpc) is 2.25. The minimum atomic E-state index is -0.909. The second kappa shape index (κ2) is 5.66. The third-order valence-electron chi connectivity index (χ3n) is 2.27. The van der Waals surface area contributed by atoms with Crippen LogP contribution in [0, 0.1) is 0 Å². The van der Waals surface area contributed by atoms with Gasteiger partial charge in [0.25, 0.3) is 0 Å². The summed E-state index contributed by atoms with van der Waals surface area (Å²) in [7, 11) is 0. The Labute approximate surface area is 107 Å². The van der Waals surface area contributed by atoms with Crippen molar-refractivity contribution in [2.75, 3.05) is 18.1 Å². The van der Waals surface area contributed by atoms with Crippen molar-refractivity contribution in [2.45, 2.75) is 33.2 Å². The number of anilines is 1. The standard InChI is InChI=1S/C12H19N3O3/c1-5-18-10-7-13-6-9(14-10)15(8-11(16)17)12(2,3)4/h6-7H,5,8H2,1-4H3,(H,16,17). The second-order valence-electron chi connectivity index (χ2n) is 4.80. The summed E-state index contributed by atoms with van der Waals surface area (Å²) in [5.74, 6) is -0.0148. The maximum absolute atomic E-state index is 10.9. The van der Waals surface area contributed by atoms with Gasteiger partial charge in [-0.05, 0) is 27.7 Å². The molecule has 1 aromatic rings. The predicted molar refractivity (Wildman–Crippen MR) is 67.9 cm³/mol. The lowest BCUT2D eigenvalue weighted by molar-refractivity contribution is -0.135. The van der Waals surface area contributed by atoms with Gasteiger partial charge in [0.15, 0.2) is 5.82 Å². The molecule has 1 aromatic heterocycles. The molecule has 100 valence electrons. The first-order valence-corrected chi connectivity index (χ1v) is 5.79. The Morgan fingerprint density at radius 3 is 2.61 bits per heavy atom. The SMILES string of the molecule is CCOc1cncc(N(CC(=O)O)C(C)(C)C)n1. The number of nitrogens with zero attached hydrogens (tertiary/aromatic N) is 3. The van der Waals surface area contributed by atoms with E-state index < -0.39 is 5.97 Å². The third-order valence-corrected chi connectivity index (χ3v) is 2.27. The van der Waals surface area contributed by atoms with Crippen LogP contribution < -0.4 is 9.64 Å². The number of carbonyl (C=O) groups is 1. The summed E-state index contributed by atoms with van der Waals surface area (Å²) in [6, 6.07) is 0. The molecule has 0 unspecified atom stereocenters. The van der Waals surface area contributed by atoms with Crippen LogP contribution in [0.4, 0.5) is 5.82 Å². The van der Waals surface area contributed by atoms with Crippen molar-refractivity contribution in [3.8, 4) is 5.88 Å². The molecule has 0 saturated carbocycles. The molecule has 0 aliphatic rings. The fourth-order valence-electron chi connectivity index (χ4n) is 1.48. The molecule has 0 atom stereocenters. The van der Waals surface area contributed by atoms with Crippen LogP contribution >= 0.6 is 0 Å². The van der Waals surface area contributed by atoms with Gasteiger partial charge in [-0.15, -0.1) is 0 Å². The van der Waals surface area contributed by atoms with E-state index in [4.69, 9.17) is 9.84 Å². The lowest BCUT2D eigenvalue weighted by atomic mass is 10.1. The van der Waals surface area contributed by atoms with Gasteiger partial charge < -0.3 is 14.7 Å². The van der Waals surface area contributed by atoms with E-state index >= 15 is 0 Å². The molecule has 1 heterocycles. The first kappa shape index (κ1) is 14.2. The molecule has 1 N–H and O–H groups in total. The Morgan fingerprint density at radius 2 is 2.11 bits per heavy atom. The Morgan fingerprint density at radius 1 is 1.44 bits per heavy atom. The van der Waals surface area contributed by atoms with Gasteiger partial charge in [0, 0.05) is 5.54 Å². The Bertz CT molecular complexity index is 415. The van der Waals surface area contributed by atoms with E-state index in [1.807, 2.05) is 27.7 Å². The summed E-state index contributed by atoms with van der Waals surface area (Å²) in [4.78, 5) is 20.9. The monoisotopic (exact) mass is 253 g/mol. The van der Waals surface area contributed by atoms with Crippen LogP contribution in [-0.4, -0.2) is 39.7 Å². The summed E-state index contributed by atoms with van der Waals surface area (Å²) in [6.45, 7) is 7.98.